The molecule has 27 heavy (non-hydrogen) atoms. The maximum absolute atomic E-state index is 12.7. The Bertz CT molecular complexity index is 847. The highest BCUT2D eigenvalue weighted by molar-refractivity contribution is 7.85. The maximum Gasteiger partial charge on any atom is 0.326 e. The van der Waals surface area contributed by atoms with Crippen molar-refractivity contribution in [2.75, 3.05) is 17.2 Å². The molecule has 1 aliphatic carbocycles. The van der Waals surface area contributed by atoms with Crippen LogP contribution in [0.5, 0.6) is 0 Å². The van der Waals surface area contributed by atoms with Crippen molar-refractivity contribution < 1.29 is 14.1 Å². The molecule has 0 radical (unpaired) electrons. The normalized spacial score (nSPS) is 23.5. The van der Waals surface area contributed by atoms with E-state index in [1.165, 1.54) is 0 Å². The van der Waals surface area contributed by atoms with Gasteiger partial charge in [0.25, 0.3) is 0 Å². The van der Waals surface area contributed by atoms with Gasteiger partial charge in [0.2, 0.25) is 0 Å². The number of aliphatic carboxylic acids is 1. The average Bonchev–Trinajstić information content (AvgIpc) is 3.21. The van der Waals surface area contributed by atoms with Crippen LogP contribution in [0.1, 0.15) is 30.5 Å². The first-order chi connectivity index (χ1) is 13.0. The Morgan fingerprint density at radius 2 is 2.04 bits per heavy atom. The van der Waals surface area contributed by atoms with Gasteiger partial charge in [-0.05, 0) is 37.7 Å². The van der Waals surface area contributed by atoms with Gasteiger partial charge in [-0.15, -0.1) is 0 Å². The maximum atomic E-state index is 12.7. The van der Waals surface area contributed by atoms with Crippen LogP contribution in [-0.4, -0.2) is 48.7 Å². The van der Waals surface area contributed by atoms with E-state index >= 15 is 0 Å². The highest BCUT2D eigenvalue weighted by Crippen LogP contribution is 2.34. The summed E-state index contributed by atoms with van der Waals surface area (Å²) < 4.78 is 14.6. The van der Waals surface area contributed by atoms with Gasteiger partial charge in [-0.2, -0.15) is 5.10 Å². The van der Waals surface area contributed by atoms with E-state index in [2.05, 4.69) is 5.10 Å². The lowest BCUT2D eigenvalue weighted by atomic mass is 10.2. The van der Waals surface area contributed by atoms with Crippen LogP contribution in [0.25, 0.3) is 0 Å². The molecule has 7 heteroatoms. The fourth-order valence-corrected chi connectivity index (χ4v) is 5.56. The van der Waals surface area contributed by atoms with Crippen LogP contribution >= 0.6 is 0 Å². The van der Waals surface area contributed by atoms with Gasteiger partial charge in [0, 0.05) is 29.2 Å². The van der Waals surface area contributed by atoms with Gasteiger partial charge >= 0.3 is 5.97 Å². The van der Waals surface area contributed by atoms with Crippen LogP contribution in [-0.2, 0) is 22.1 Å². The summed E-state index contributed by atoms with van der Waals surface area (Å²) in [4.78, 5) is 13.8. The molecule has 2 fully saturated rings. The van der Waals surface area contributed by atoms with E-state index in [4.69, 9.17) is 0 Å². The number of rotatable bonds is 7. The van der Waals surface area contributed by atoms with E-state index in [1.54, 1.807) is 0 Å². The molecular formula is C20H25N3O3S. The molecule has 1 aromatic heterocycles. The number of benzene rings is 1. The lowest BCUT2D eigenvalue weighted by Gasteiger charge is -2.24. The zero-order chi connectivity index (χ0) is 19.0. The molecule has 2 aliphatic rings. The van der Waals surface area contributed by atoms with E-state index < -0.39 is 22.8 Å². The first kappa shape index (κ1) is 18.2. The smallest absolute Gasteiger partial charge is 0.326 e. The quantitative estimate of drug-likeness (QED) is 0.790. The van der Waals surface area contributed by atoms with Crippen molar-refractivity contribution in [2.45, 2.75) is 44.0 Å². The number of anilines is 1. The van der Waals surface area contributed by atoms with Gasteiger partial charge in [0.05, 0.1) is 17.5 Å². The van der Waals surface area contributed by atoms with Gasteiger partial charge in [-0.25, -0.2) is 9.48 Å². The van der Waals surface area contributed by atoms with Crippen molar-refractivity contribution in [1.82, 2.24) is 9.78 Å². The highest BCUT2D eigenvalue weighted by Gasteiger charge is 2.42. The number of aryl methyl sites for hydroxylation is 1. The van der Waals surface area contributed by atoms with Crippen LogP contribution in [0.3, 0.4) is 0 Å². The second-order valence-corrected chi connectivity index (χ2v) is 9.40. The molecule has 1 N–H and O–H groups in total. The van der Waals surface area contributed by atoms with Gasteiger partial charge in [-0.1, -0.05) is 30.3 Å². The Morgan fingerprint density at radius 1 is 1.30 bits per heavy atom. The average molecular weight is 388 g/mol. The zero-order valence-corrected chi connectivity index (χ0v) is 16.3. The predicted octanol–water partition coefficient (Wildman–Crippen LogP) is 2.43. The number of hydrogen-bond donors (Lipinski definition) is 1. The molecule has 0 spiro atoms. The molecule has 0 amide bonds. The lowest BCUT2D eigenvalue weighted by Crippen LogP contribution is -2.37. The zero-order valence-electron chi connectivity index (χ0n) is 15.5. The molecular weight excluding hydrogens is 362 g/mol. The monoisotopic (exact) mass is 387 g/mol. The standard InChI is InChI=1S/C20H25N3O3S/c1-14-9-19(23(21-14)11-15-5-3-2-4-6-15)22-12-17(10-18(22)20(24)25)27(26)13-16-7-8-16/h2-6,9,16-18H,7-8,10-13H2,1H3,(H,24,25)/t17-,18+,27?/m1/s1. The van der Waals surface area contributed by atoms with Crippen molar-refractivity contribution in [3.63, 3.8) is 0 Å². The molecule has 6 nitrogen and oxygen atoms in total. The molecule has 0 bridgehead atoms. The molecule has 1 aromatic carbocycles. The van der Waals surface area contributed by atoms with E-state index in [-0.39, 0.29) is 5.25 Å². The summed E-state index contributed by atoms with van der Waals surface area (Å²) in [5, 5.41) is 14.2. The molecule has 1 aliphatic heterocycles. The van der Waals surface area contributed by atoms with Gasteiger partial charge in [0.1, 0.15) is 11.9 Å². The van der Waals surface area contributed by atoms with E-state index in [0.717, 1.165) is 29.9 Å². The van der Waals surface area contributed by atoms with Crippen molar-refractivity contribution in [1.29, 1.82) is 0 Å². The topological polar surface area (TPSA) is 75.4 Å². The molecule has 1 saturated carbocycles. The molecule has 2 heterocycles. The number of carboxylic acid groups (broad SMARTS) is 1. The molecule has 2 aromatic rings. The summed E-state index contributed by atoms with van der Waals surface area (Å²) >= 11 is 0. The lowest BCUT2D eigenvalue weighted by molar-refractivity contribution is -0.138. The summed E-state index contributed by atoms with van der Waals surface area (Å²) in [5.74, 6) is 1.24. The Hall–Kier alpha value is -2.15. The number of aromatic nitrogens is 2. The Balaban J connectivity index is 1.58. The summed E-state index contributed by atoms with van der Waals surface area (Å²) in [6.45, 7) is 3.01. The minimum Gasteiger partial charge on any atom is -0.480 e. The number of nitrogens with zero attached hydrogens (tertiary/aromatic N) is 3. The first-order valence-electron chi connectivity index (χ1n) is 9.46. The van der Waals surface area contributed by atoms with Crippen LogP contribution in [0, 0.1) is 12.8 Å². The van der Waals surface area contributed by atoms with Gasteiger partial charge in [0.15, 0.2) is 0 Å². The second-order valence-electron chi connectivity index (χ2n) is 7.64. The van der Waals surface area contributed by atoms with Gasteiger partial charge < -0.3 is 10.0 Å². The van der Waals surface area contributed by atoms with E-state index in [1.807, 2.05) is 52.9 Å². The SMILES string of the molecule is Cc1cc(N2C[C@H](S(=O)CC3CC3)C[C@H]2C(=O)O)n(Cc2ccccc2)n1. The number of carboxylic acids is 1. The Labute approximate surface area is 161 Å². The third-order valence-electron chi connectivity index (χ3n) is 5.37. The summed E-state index contributed by atoms with van der Waals surface area (Å²) in [6.07, 6.45) is 2.76. The minimum atomic E-state index is -0.967. The van der Waals surface area contributed by atoms with Crippen molar-refractivity contribution in [3.8, 4) is 0 Å². The third-order valence-corrected chi connectivity index (χ3v) is 7.25. The summed E-state index contributed by atoms with van der Waals surface area (Å²) in [7, 11) is -0.967. The molecule has 1 unspecified atom stereocenters. The van der Waals surface area contributed by atoms with E-state index in [0.29, 0.717) is 31.2 Å². The van der Waals surface area contributed by atoms with Crippen LogP contribution in [0.2, 0.25) is 0 Å². The van der Waals surface area contributed by atoms with E-state index in [9.17, 15) is 14.1 Å². The molecule has 3 atom stereocenters. The Kier molecular flexibility index (Phi) is 5.04. The molecule has 4 rings (SSSR count). The number of hydrogen-bond acceptors (Lipinski definition) is 4. The van der Waals surface area contributed by atoms with Crippen LogP contribution in [0.4, 0.5) is 5.82 Å². The molecule has 1 saturated heterocycles. The summed E-state index contributed by atoms with van der Waals surface area (Å²) in [5.41, 5.74) is 1.97. The Morgan fingerprint density at radius 3 is 2.70 bits per heavy atom. The van der Waals surface area contributed by atoms with Crippen molar-refractivity contribution >= 4 is 22.6 Å². The predicted molar refractivity (Wildman–Crippen MR) is 105 cm³/mol. The summed E-state index contributed by atoms with van der Waals surface area (Å²) in [6, 6.07) is 11.3. The minimum absolute atomic E-state index is 0.0907. The van der Waals surface area contributed by atoms with Crippen LogP contribution in [0.15, 0.2) is 36.4 Å². The molecule has 144 valence electrons. The first-order valence-corrected chi connectivity index (χ1v) is 10.8. The third kappa shape index (κ3) is 4.08. The fourth-order valence-electron chi connectivity index (χ4n) is 3.76. The fraction of sp³-hybridized carbons (Fsp3) is 0.500. The number of carbonyl (C=O) groups is 1. The van der Waals surface area contributed by atoms with Crippen LogP contribution < -0.4 is 4.90 Å². The van der Waals surface area contributed by atoms with Crippen molar-refractivity contribution in [2.24, 2.45) is 5.92 Å². The van der Waals surface area contributed by atoms with Crippen molar-refractivity contribution in [3.05, 3.63) is 47.7 Å². The van der Waals surface area contributed by atoms with Gasteiger partial charge in [-0.3, -0.25) is 4.21 Å². The highest BCUT2D eigenvalue weighted by atomic mass is 32.2. The largest absolute Gasteiger partial charge is 0.480 e. The second kappa shape index (κ2) is 7.46.